The maximum absolute atomic E-state index is 12.9. The molecule has 0 atom stereocenters. The molecule has 0 radical (unpaired) electrons. The number of rotatable bonds is 5. The lowest BCUT2D eigenvalue weighted by molar-refractivity contribution is -0.148. The lowest BCUT2D eigenvalue weighted by Gasteiger charge is -2.05. The number of hydrogen-bond acceptors (Lipinski definition) is 4. The highest BCUT2D eigenvalue weighted by atomic mass is 19.1. The summed E-state index contributed by atoms with van der Waals surface area (Å²) >= 11 is 0. The van der Waals surface area contributed by atoms with Gasteiger partial charge in [0.1, 0.15) is 6.61 Å². The Bertz CT molecular complexity index is 383. The van der Waals surface area contributed by atoms with Gasteiger partial charge in [0, 0.05) is 0 Å². The summed E-state index contributed by atoms with van der Waals surface area (Å²) < 4.78 is 35.3. The molecule has 0 fully saturated rings. The van der Waals surface area contributed by atoms with E-state index in [0.29, 0.717) is 0 Å². The summed E-state index contributed by atoms with van der Waals surface area (Å²) in [6, 6.07) is 1.87. The van der Waals surface area contributed by atoms with E-state index in [1.165, 1.54) is 0 Å². The normalized spacial score (nSPS) is 10.3. The maximum Gasteiger partial charge on any atom is 0.332 e. The summed E-state index contributed by atoms with van der Waals surface area (Å²) in [7, 11) is 0. The third-order valence-electron chi connectivity index (χ3n) is 1.87. The standard InChI is InChI=1S/C11H12F2O4/c1-2-17-10(14)6-16-5-7-3-8(12)11(15)9(13)4-7/h3-4,15H,2,5-6H2,1H3. The molecule has 1 rings (SSSR count). The average molecular weight is 246 g/mol. The van der Waals surface area contributed by atoms with Gasteiger partial charge in [0.25, 0.3) is 0 Å². The summed E-state index contributed by atoms with van der Waals surface area (Å²) in [5.41, 5.74) is 0.182. The molecule has 0 aromatic heterocycles. The minimum Gasteiger partial charge on any atom is -0.503 e. The van der Waals surface area contributed by atoms with E-state index in [-0.39, 0.29) is 25.4 Å². The van der Waals surface area contributed by atoms with Crippen LogP contribution in [0.5, 0.6) is 5.75 Å². The van der Waals surface area contributed by atoms with Gasteiger partial charge in [0.15, 0.2) is 17.4 Å². The van der Waals surface area contributed by atoms with Crippen molar-refractivity contribution in [3.05, 3.63) is 29.3 Å². The van der Waals surface area contributed by atoms with Crippen molar-refractivity contribution in [1.29, 1.82) is 0 Å². The molecule has 6 heteroatoms. The van der Waals surface area contributed by atoms with Gasteiger partial charge in [-0.2, -0.15) is 0 Å². The number of benzene rings is 1. The van der Waals surface area contributed by atoms with Gasteiger partial charge in [0.05, 0.1) is 13.2 Å². The van der Waals surface area contributed by atoms with E-state index in [9.17, 15) is 13.6 Å². The number of ether oxygens (including phenoxy) is 2. The number of carbonyl (C=O) groups excluding carboxylic acids is 1. The van der Waals surface area contributed by atoms with Crippen LogP contribution < -0.4 is 0 Å². The Hall–Kier alpha value is -1.69. The number of halogens is 2. The third-order valence-corrected chi connectivity index (χ3v) is 1.87. The first-order valence-corrected chi connectivity index (χ1v) is 4.94. The molecule has 0 unspecified atom stereocenters. The molecule has 1 N–H and O–H groups in total. The topological polar surface area (TPSA) is 55.8 Å². The van der Waals surface area contributed by atoms with Crippen LogP contribution in [-0.4, -0.2) is 24.3 Å². The van der Waals surface area contributed by atoms with Gasteiger partial charge < -0.3 is 14.6 Å². The maximum atomic E-state index is 12.9. The molecule has 1 aromatic rings. The second-order valence-electron chi connectivity index (χ2n) is 3.21. The SMILES string of the molecule is CCOC(=O)COCc1cc(F)c(O)c(F)c1. The third kappa shape index (κ3) is 3.99. The van der Waals surface area contributed by atoms with Crippen molar-refractivity contribution in [2.75, 3.05) is 13.2 Å². The molecular formula is C11H12F2O4. The van der Waals surface area contributed by atoms with Gasteiger partial charge >= 0.3 is 5.97 Å². The van der Waals surface area contributed by atoms with Gasteiger partial charge in [-0.15, -0.1) is 0 Å². The molecule has 4 nitrogen and oxygen atoms in total. The number of hydrogen-bond donors (Lipinski definition) is 1. The molecule has 0 aliphatic carbocycles. The Morgan fingerprint density at radius 2 is 1.94 bits per heavy atom. The average Bonchev–Trinajstić information content (AvgIpc) is 2.26. The van der Waals surface area contributed by atoms with E-state index in [0.717, 1.165) is 12.1 Å². The second kappa shape index (κ2) is 6.15. The minimum absolute atomic E-state index is 0.146. The number of aromatic hydroxyl groups is 1. The molecular weight excluding hydrogens is 234 g/mol. The number of carbonyl (C=O) groups is 1. The van der Waals surface area contributed by atoms with Crippen molar-refractivity contribution < 1.29 is 28.2 Å². The van der Waals surface area contributed by atoms with E-state index in [1.807, 2.05) is 0 Å². The predicted molar refractivity (Wildman–Crippen MR) is 54.3 cm³/mol. The Labute approximate surface area is 96.8 Å². The molecule has 1 aromatic carbocycles. The zero-order valence-electron chi connectivity index (χ0n) is 9.20. The fourth-order valence-electron chi connectivity index (χ4n) is 1.16. The highest BCUT2D eigenvalue weighted by molar-refractivity contribution is 5.70. The van der Waals surface area contributed by atoms with Crippen LogP contribution in [0.1, 0.15) is 12.5 Å². The van der Waals surface area contributed by atoms with Crippen molar-refractivity contribution >= 4 is 5.97 Å². The van der Waals surface area contributed by atoms with Gasteiger partial charge in [-0.3, -0.25) is 0 Å². The van der Waals surface area contributed by atoms with Gasteiger partial charge in [0.2, 0.25) is 0 Å². The monoisotopic (exact) mass is 246 g/mol. The van der Waals surface area contributed by atoms with Crippen molar-refractivity contribution in [1.82, 2.24) is 0 Å². The van der Waals surface area contributed by atoms with Crippen LogP contribution in [0.2, 0.25) is 0 Å². The highest BCUT2D eigenvalue weighted by Crippen LogP contribution is 2.21. The molecule has 17 heavy (non-hydrogen) atoms. The lowest BCUT2D eigenvalue weighted by Crippen LogP contribution is -2.12. The number of phenols is 1. The first kappa shape index (κ1) is 13.4. The summed E-state index contributed by atoms with van der Waals surface area (Å²) in [6.45, 7) is 1.46. The minimum atomic E-state index is -1.07. The molecule has 0 aliphatic heterocycles. The highest BCUT2D eigenvalue weighted by Gasteiger charge is 2.10. The molecule has 0 amide bonds. The van der Waals surface area contributed by atoms with Crippen molar-refractivity contribution in [2.45, 2.75) is 13.5 Å². The van der Waals surface area contributed by atoms with Crippen molar-refractivity contribution in [3.8, 4) is 5.75 Å². The molecule has 0 heterocycles. The predicted octanol–water partition coefficient (Wildman–Crippen LogP) is 1.75. The summed E-state index contributed by atoms with van der Waals surface area (Å²) in [6.07, 6.45) is 0. The molecule has 94 valence electrons. The first-order chi connectivity index (χ1) is 8.04. The Morgan fingerprint density at radius 1 is 1.35 bits per heavy atom. The number of esters is 1. The Morgan fingerprint density at radius 3 is 2.47 bits per heavy atom. The fraction of sp³-hybridized carbons (Fsp3) is 0.364. The summed E-state index contributed by atoms with van der Waals surface area (Å²) in [5, 5.41) is 8.85. The molecule has 0 saturated heterocycles. The first-order valence-electron chi connectivity index (χ1n) is 4.94. The van der Waals surface area contributed by atoms with Gasteiger partial charge in [-0.05, 0) is 24.6 Å². The van der Waals surface area contributed by atoms with Gasteiger partial charge in [-0.1, -0.05) is 0 Å². The van der Waals surface area contributed by atoms with Crippen LogP contribution in [0.3, 0.4) is 0 Å². The largest absolute Gasteiger partial charge is 0.503 e. The van der Waals surface area contributed by atoms with Crippen LogP contribution in [0.25, 0.3) is 0 Å². The lowest BCUT2D eigenvalue weighted by atomic mass is 10.2. The van der Waals surface area contributed by atoms with Crippen LogP contribution >= 0.6 is 0 Å². The summed E-state index contributed by atoms with van der Waals surface area (Å²) in [5.74, 6) is -3.72. The zero-order valence-corrected chi connectivity index (χ0v) is 9.20. The van der Waals surface area contributed by atoms with Crippen LogP contribution in [0, 0.1) is 11.6 Å². The quantitative estimate of drug-likeness (QED) is 0.804. The smallest absolute Gasteiger partial charge is 0.332 e. The number of phenolic OH excluding ortho intramolecular Hbond substituents is 1. The van der Waals surface area contributed by atoms with E-state index in [1.54, 1.807) is 6.92 Å². The van der Waals surface area contributed by atoms with Crippen LogP contribution in [0.4, 0.5) is 8.78 Å². The second-order valence-corrected chi connectivity index (χ2v) is 3.21. The fourth-order valence-corrected chi connectivity index (χ4v) is 1.16. The molecule has 0 spiro atoms. The van der Waals surface area contributed by atoms with Crippen LogP contribution in [0.15, 0.2) is 12.1 Å². The molecule has 0 aliphatic rings. The molecule has 0 bridgehead atoms. The van der Waals surface area contributed by atoms with E-state index >= 15 is 0 Å². The Kier molecular flexibility index (Phi) is 4.84. The Balaban J connectivity index is 2.50. The molecule has 0 saturated carbocycles. The summed E-state index contributed by atoms with van der Waals surface area (Å²) in [4.78, 5) is 10.9. The van der Waals surface area contributed by atoms with E-state index in [4.69, 9.17) is 9.84 Å². The van der Waals surface area contributed by atoms with Crippen molar-refractivity contribution in [3.63, 3.8) is 0 Å². The van der Waals surface area contributed by atoms with E-state index < -0.39 is 23.4 Å². The van der Waals surface area contributed by atoms with Gasteiger partial charge in [-0.25, -0.2) is 13.6 Å². The van der Waals surface area contributed by atoms with Crippen molar-refractivity contribution in [2.24, 2.45) is 0 Å². The van der Waals surface area contributed by atoms with Crippen LogP contribution in [-0.2, 0) is 20.9 Å². The van der Waals surface area contributed by atoms with E-state index in [2.05, 4.69) is 4.74 Å². The zero-order chi connectivity index (χ0) is 12.8.